The van der Waals surface area contributed by atoms with Crippen LogP contribution in [-0.2, 0) is 15.4 Å². The summed E-state index contributed by atoms with van der Waals surface area (Å²) < 4.78 is 25.9. The van der Waals surface area contributed by atoms with Gasteiger partial charge in [0.1, 0.15) is 0 Å². The van der Waals surface area contributed by atoms with E-state index in [-0.39, 0.29) is 12.8 Å². The summed E-state index contributed by atoms with van der Waals surface area (Å²) in [6.45, 7) is 0. The van der Waals surface area contributed by atoms with Crippen molar-refractivity contribution in [2.24, 2.45) is 0 Å². The van der Waals surface area contributed by atoms with Gasteiger partial charge in [0.2, 0.25) is 0 Å². The minimum Gasteiger partial charge on any atom is -0.385 e. The Hall–Kier alpha value is -1.47. The molecule has 4 heterocycles. The van der Waals surface area contributed by atoms with Crippen LogP contribution in [-0.4, -0.2) is 38.6 Å². The molecule has 0 aliphatic carbocycles. The molecule has 106 valence electrons. The molecule has 2 bridgehead atoms. The zero-order chi connectivity index (χ0) is 14.0. The van der Waals surface area contributed by atoms with Gasteiger partial charge in [-0.15, -0.1) is 0 Å². The lowest BCUT2D eigenvalue weighted by molar-refractivity contribution is 0.0165. The van der Waals surface area contributed by atoms with E-state index in [0.717, 1.165) is 0 Å². The fourth-order valence-corrected chi connectivity index (χ4v) is 6.02. The maximum atomic E-state index is 12.1. The van der Waals surface area contributed by atoms with Gasteiger partial charge < -0.3 is 5.11 Å². The van der Waals surface area contributed by atoms with Crippen molar-refractivity contribution in [2.75, 3.05) is 0 Å². The van der Waals surface area contributed by atoms with E-state index in [4.69, 9.17) is 0 Å². The minimum atomic E-state index is -3.04. The van der Waals surface area contributed by atoms with Crippen LogP contribution in [0.15, 0.2) is 24.7 Å². The first-order chi connectivity index (χ1) is 9.49. The maximum Gasteiger partial charge on any atom is 0.156 e. The molecule has 0 saturated carbocycles. The SMILES string of the molecule is O=S1(=O)C2CCC1CC(O)(c1cnc3ccnn3c1)C2. The third kappa shape index (κ3) is 1.56. The summed E-state index contributed by atoms with van der Waals surface area (Å²) >= 11 is 0. The van der Waals surface area contributed by atoms with Crippen molar-refractivity contribution in [2.45, 2.75) is 41.8 Å². The molecule has 0 spiro atoms. The molecule has 7 heteroatoms. The average molecular weight is 293 g/mol. The highest BCUT2D eigenvalue weighted by molar-refractivity contribution is 7.93. The predicted octanol–water partition coefficient (Wildman–Crippen LogP) is 0.656. The van der Waals surface area contributed by atoms with Crippen LogP contribution in [0.3, 0.4) is 0 Å². The van der Waals surface area contributed by atoms with Crippen LogP contribution in [0.25, 0.3) is 5.65 Å². The molecule has 1 N–H and O–H groups in total. The van der Waals surface area contributed by atoms with Gasteiger partial charge >= 0.3 is 0 Å². The summed E-state index contributed by atoms with van der Waals surface area (Å²) in [5.74, 6) is 0. The fraction of sp³-hybridized carbons (Fsp3) is 0.538. The Kier molecular flexibility index (Phi) is 2.33. The minimum absolute atomic E-state index is 0.264. The molecule has 0 aromatic carbocycles. The Labute approximate surface area is 116 Å². The number of fused-ring (bicyclic) bond motifs is 3. The lowest BCUT2D eigenvalue weighted by Gasteiger charge is -2.36. The molecular weight excluding hydrogens is 278 g/mol. The van der Waals surface area contributed by atoms with Crippen molar-refractivity contribution in [3.63, 3.8) is 0 Å². The highest BCUT2D eigenvalue weighted by Gasteiger charge is 2.53. The van der Waals surface area contributed by atoms with Gasteiger partial charge in [0, 0.05) is 24.0 Å². The summed E-state index contributed by atoms with van der Waals surface area (Å²) in [6.07, 6.45) is 6.87. The lowest BCUT2D eigenvalue weighted by atomic mass is 9.88. The van der Waals surface area contributed by atoms with E-state index in [2.05, 4.69) is 10.1 Å². The van der Waals surface area contributed by atoms with Crippen molar-refractivity contribution >= 4 is 15.5 Å². The monoisotopic (exact) mass is 293 g/mol. The van der Waals surface area contributed by atoms with Gasteiger partial charge in [0.15, 0.2) is 15.5 Å². The number of nitrogens with zero attached hydrogens (tertiary/aromatic N) is 3. The van der Waals surface area contributed by atoms with E-state index in [0.29, 0.717) is 24.1 Å². The lowest BCUT2D eigenvalue weighted by Crippen LogP contribution is -2.43. The highest BCUT2D eigenvalue weighted by Crippen LogP contribution is 2.47. The number of hydrogen-bond acceptors (Lipinski definition) is 5. The third-order valence-corrected chi connectivity index (χ3v) is 7.32. The van der Waals surface area contributed by atoms with Crippen LogP contribution in [0, 0.1) is 0 Å². The fourth-order valence-electron chi connectivity index (χ4n) is 3.53. The topological polar surface area (TPSA) is 84.6 Å². The number of sulfone groups is 1. The molecule has 2 aromatic rings. The van der Waals surface area contributed by atoms with E-state index < -0.39 is 25.9 Å². The number of aliphatic hydroxyl groups is 1. The quantitative estimate of drug-likeness (QED) is 0.835. The van der Waals surface area contributed by atoms with E-state index in [9.17, 15) is 13.5 Å². The second-order valence-electron chi connectivity index (χ2n) is 5.83. The van der Waals surface area contributed by atoms with Crippen molar-refractivity contribution in [3.05, 3.63) is 30.2 Å². The zero-order valence-corrected chi connectivity index (χ0v) is 11.6. The molecular formula is C13H15N3O3S. The maximum absolute atomic E-state index is 12.1. The molecule has 0 radical (unpaired) electrons. The largest absolute Gasteiger partial charge is 0.385 e. The van der Waals surface area contributed by atoms with Gasteiger partial charge in [-0.25, -0.2) is 17.9 Å². The van der Waals surface area contributed by atoms with E-state index in [1.807, 2.05) is 0 Å². The zero-order valence-electron chi connectivity index (χ0n) is 10.8. The van der Waals surface area contributed by atoms with Gasteiger partial charge in [0.05, 0.1) is 22.3 Å². The van der Waals surface area contributed by atoms with Crippen LogP contribution in [0.5, 0.6) is 0 Å². The molecule has 2 aliphatic heterocycles. The van der Waals surface area contributed by atoms with Crippen molar-refractivity contribution in [1.82, 2.24) is 14.6 Å². The molecule has 2 atom stereocenters. The Balaban J connectivity index is 1.78. The standard InChI is InChI=1S/C13H15N3O3S/c17-13(5-10-1-2-11(6-13)20(10,18)19)9-7-14-12-3-4-15-16(12)8-9/h3-4,7-8,10-11,17H,1-2,5-6H2. The average Bonchev–Trinajstić information content (AvgIpc) is 2.90. The summed E-state index contributed by atoms with van der Waals surface area (Å²) in [7, 11) is -3.04. The van der Waals surface area contributed by atoms with Crippen LogP contribution in [0.1, 0.15) is 31.2 Å². The molecule has 2 unspecified atom stereocenters. The molecule has 0 amide bonds. The molecule has 2 fully saturated rings. The third-order valence-electron chi connectivity index (χ3n) is 4.65. The molecule has 2 saturated heterocycles. The molecule has 20 heavy (non-hydrogen) atoms. The number of hydrogen-bond donors (Lipinski definition) is 1. The van der Waals surface area contributed by atoms with E-state index >= 15 is 0 Å². The summed E-state index contributed by atoms with van der Waals surface area (Å²) in [6, 6.07) is 1.78. The first kappa shape index (κ1) is 12.3. The first-order valence-corrected chi connectivity index (χ1v) is 8.35. The van der Waals surface area contributed by atoms with Gasteiger partial charge in [-0.1, -0.05) is 0 Å². The Morgan fingerprint density at radius 1 is 1.30 bits per heavy atom. The van der Waals surface area contributed by atoms with Crippen LogP contribution in [0.4, 0.5) is 0 Å². The van der Waals surface area contributed by atoms with Crippen LogP contribution >= 0.6 is 0 Å². The Bertz CT molecular complexity index is 763. The molecule has 2 aliphatic rings. The van der Waals surface area contributed by atoms with Crippen LogP contribution < -0.4 is 0 Å². The van der Waals surface area contributed by atoms with Crippen molar-refractivity contribution in [1.29, 1.82) is 0 Å². The van der Waals surface area contributed by atoms with Gasteiger partial charge in [-0.2, -0.15) is 5.10 Å². The molecule has 2 aromatic heterocycles. The van der Waals surface area contributed by atoms with E-state index in [1.165, 1.54) is 0 Å². The van der Waals surface area contributed by atoms with E-state index in [1.54, 1.807) is 29.2 Å². The Morgan fingerprint density at radius 2 is 2.00 bits per heavy atom. The molecule has 4 rings (SSSR count). The van der Waals surface area contributed by atoms with Gasteiger partial charge in [0.25, 0.3) is 0 Å². The number of aromatic nitrogens is 3. The predicted molar refractivity (Wildman–Crippen MR) is 71.8 cm³/mol. The van der Waals surface area contributed by atoms with Crippen molar-refractivity contribution in [3.8, 4) is 0 Å². The summed E-state index contributed by atoms with van der Waals surface area (Å²) in [5.41, 5.74) is 0.258. The van der Waals surface area contributed by atoms with Crippen LogP contribution in [0.2, 0.25) is 0 Å². The second kappa shape index (κ2) is 3.79. The summed E-state index contributed by atoms with van der Waals surface area (Å²) in [4.78, 5) is 4.26. The highest BCUT2D eigenvalue weighted by atomic mass is 32.2. The normalized spacial score (nSPS) is 35.5. The first-order valence-electron chi connectivity index (χ1n) is 6.74. The Morgan fingerprint density at radius 3 is 2.70 bits per heavy atom. The van der Waals surface area contributed by atoms with Gasteiger partial charge in [-0.05, 0) is 25.7 Å². The smallest absolute Gasteiger partial charge is 0.156 e. The number of rotatable bonds is 1. The molecule has 6 nitrogen and oxygen atoms in total. The second-order valence-corrected chi connectivity index (χ2v) is 8.34. The van der Waals surface area contributed by atoms with Gasteiger partial charge in [-0.3, -0.25) is 0 Å². The van der Waals surface area contributed by atoms with Crippen molar-refractivity contribution < 1.29 is 13.5 Å². The summed E-state index contributed by atoms with van der Waals surface area (Å²) in [5, 5.41) is 14.2.